The van der Waals surface area contributed by atoms with Crippen molar-refractivity contribution in [3.8, 4) is 22.9 Å². The van der Waals surface area contributed by atoms with Crippen molar-refractivity contribution >= 4 is 10.9 Å². The lowest BCUT2D eigenvalue weighted by atomic mass is 10.2. The molecule has 1 aliphatic rings. The standard InChI is InChI=1S/C25H26N4O6/c1-3-33-20-11-10-16(13-21(20)32-2)23-26-22(35-27-23)15-28-19-9-5-4-8-18(19)24(30)29(25(28)31)14-17-7-6-12-34-17/h4-5,8-11,13,17H,3,6-7,12,14-15H2,1-2H3/t17-/m0/s1. The van der Waals surface area contributed by atoms with Crippen molar-refractivity contribution in [3.63, 3.8) is 0 Å². The van der Waals surface area contributed by atoms with Crippen molar-refractivity contribution < 1.29 is 18.7 Å². The predicted molar refractivity (Wildman–Crippen MR) is 128 cm³/mol. The van der Waals surface area contributed by atoms with Crippen LogP contribution in [-0.4, -0.2) is 45.7 Å². The average Bonchev–Trinajstić information content (AvgIpc) is 3.57. The fraction of sp³-hybridized carbons (Fsp3) is 0.360. The Labute approximate surface area is 200 Å². The van der Waals surface area contributed by atoms with Gasteiger partial charge >= 0.3 is 5.69 Å². The monoisotopic (exact) mass is 478 g/mol. The van der Waals surface area contributed by atoms with E-state index in [-0.39, 0.29) is 30.6 Å². The Hall–Kier alpha value is -3.92. The van der Waals surface area contributed by atoms with Gasteiger partial charge in [0.1, 0.15) is 6.54 Å². The quantitative estimate of drug-likeness (QED) is 0.380. The molecule has 4 aromatic rings. The zero-order valence-corrected chi connectivity index (χ0v) is 19.6. The van der Waals surface area contributed by atoms with Crippen molar-refractivity contribution in [2.24, 2.45) is 0 Å². The molecule has 3 heterocycles. The summed E-state index contributed by atoms with van der Waals surface area (Å²) in [5.74, 6) is 1.77. The summed E-state index contributed by atoms with van der Waals surface area (Å²) in [6.07, 6.45) is 1.58. The fourth-order valence-electron chi connectivity index (χ4n) is 4.33. The number of benzene rings is 2. The van der Waals surface area contributed by atoms with E-state index in [0.29, 0.717) is 47.0 Å². The number of hydrogen-bond donors (Lipinski definition) is 0. The van der Waals surface area contributed by atoms with Crippen LogP contribution in [0.25, 0.3) is 22.3 Å². The molecule has 0 bridgehead atoms. The van der Waals surface area contributed by atoms with Gasteiger partial charge in [-0.25, -0.2) is 4.79 Å². The largest absolute Gasteiger partial charge is 0.493 e. The Morgan fingerprint density at radius 3 is 2.74 bits per heavy atom. The first-order chi connectivity index (χ1) is 17.1. The van der Waals surface area contributed by atoms with Gasteiger partial charge in [-0.15, -0.1) is 0 Å². The molecule has 10 nitrogen and oxygen atoms in total. The fourth-order valence-corrected chi connectivity index (χ4v) is 4.33. The number of ether oxygens (including phenoxy) is 3. The maximum atomic E-state index is 13.4. The third-order valence-electron chi connectivity index (χ3n) is 6.03. The molecular weight excluding hydrogens is 452 g/mol. The number of nitrogens with zero attached hydrogens (tertiary/aromatic N) is 4. The molecule has 1 aliphatic heterocycles. The normalized spacial score (nSPS) is 15.5. The molecule has 0 amide bonds. The van der Waals surface area contributed by atoms with E-state index < -0.39 is 5.69 Å². The summed E-state index contributed by atoms with van der Waals surface area (Å²) in [6, 6.07) is 12.4. The molecule has 35 heavy (non-hydrogen) atoms. The van der Waals surface area contributed by atoms with E-state index in [1.54, 1.807) is 43.5 Å². The van der Waals surface area contributed by atoms with Gasteiger partial charge in [0.05, 0.1) is 37.3 Å². The van der Waals surface area contributed by atoms with Gasteiger partial charge in [0, 0.05) is 12.2 Å². The molecule has 0 saturated carbocycles. The van der Waals surface area contributed by atoms with Crippen LogP contribution in [0.15, 0.2) is 56.6 Å². The number of rotatable bonds is 8. The lowest BCUT2D eigenvalue weighted by molar-refractivity contribution is 0.0948. The first-order valence-electron chi connectivity index (χ1n) is 11.6. The number of methoxy groups -OCH3 is 1. The molecule has 2 aromatic carbocycles. The van der Waals surface area contributed by atoms with Crippen LogP contribution in [0.2, 0.25) is 0 Å². The van der Waals surface area contributed by atoms with Crippen molar-refractivity contribution in [3.05, 3.63) is 69.2 Å². The van der Waals surface area contributed by atoms with E-state index in [9.17, 15) is 9.59 Å². The summed E-state index contributed by atoms with van der Waals surface area (Å²) in [4.78, 5) is 31.0. The van der Waals surface area contributed by atoms with Gasteiger partial charge in [0.25, 0.3) is 5.56 Å². The van der Waals surface area contributed by atoms with Gasteiger partial charge in [-0.3, -0.25) is 13.9 Å². The Morgan fingerprint density at radius 2 is 1.97 bits per heavy atom. The summed E-state index contributed by atoms with van der Waals surface area (Å²) in [5, 5.41) is 4.53. The van der Waals surface area contributed by atoms with Crippen LogP contribution in [0.5, 0.6) is 11.5 Å². The van der Waals surface area contributed by atoms with Crippen molar-refractivity contribution in [2.45, 2.75) is 39.0 Å². The molecule has 1 saturated heterocycles. The van der Waals surface area contributed by atoms with Crippen molar-refractivity contribution in [1.82, 2.24) is 19.3 Å². The summed E-state index contributed by atoms with van der Waals surface area (Å²) in [6.45, 7) is 3.28. The highest BCUT2D eigenvalue weighted by Gasteiger charge is 2.21. The molecule has 182 valence electrons. The Kier molecular flexibility index (Phi) is 6.37. The van der Waals surface area contributed by atoms with Crippen LogP contribution in [-0.2, 0) is 17.8 Å². The first-order valence-corrected chi connectivity index (χ1v) is 11.6. The highest BCUT2D eigenvalue weighted by atomic mass is 16.5. The van der Waals surface area contributed by atoms with Gasteiger partial charge in [0.2, 0.25) is 11.7 Å². The van der Waals surface area contributed by atoms with E-state index in [1.165, 1.54) is 9.13 Å². The highest BCUT2D eigenvalue weighted by molar-refractivity contribution is 5.77. The molecule has 0 N–H and O–H groups in total. The molecule has 0 unspecified atom stereocenters. The summed E-state index contributed by atoms with van der Waals surface area (Å²) in [5.41, 5.74) is 0.422. The summed E-state index contributed by atoms with van der Waals surface area (Å²) in [7, 11) is 1.56. The third-order valence-corrected chi connectivity index (χ3v) is 6.03. The molecule has 0 aliphatic carbocycles. The Balaban J connectivity index is 1.51. The number of fused-ring (bicyclic) bond motifs is 1. The zero-order valence-electron chi connectivity index (χ0n) is 19.6. The van der Waals surface area contributed by atoms with Gasteiger partial charge in [-0.2, -0.15) is 4.98 Å². The number of para-hydroxylation sites is 1. The van der Waals surface area contributed by atoms with Gasteiger partial charge in [0.15, 0.2) is 11.5 Å². The van der Waals surface area contributed by atoms with Gasteiger partial charge in [-0.1, -0.05) is 17.3 Å². The Bertz CT molecular complexity index is 1470. The molecular formula is C25H26N4O6. The maximum absolute atomic E-state index is 13.4. The van der Waals surface area contributed by atoms with E-state index in [1.807, 2.05) is 13.0 Å². The SMILES string of the molecule is CCOc1ccc(-c2noc(Cn3c(=O)n(C[C@@H]4CCCO4)c(=O)c4ccccc43)n2)cc1OC. The first kappa shape index (κ1) is 22.9. The van der Waals surface area contributed by atoms with Crippen LogP contribution >= 0.6 is 0 Å². The van der Waals surface area contributed by atoms with Gasteiger partial charge < -0.3 is 18.7 Å². The molecule has 1 atom stereocenters. The third kappa shape index (κ3) is 4.44. The lowest BCUT2D eigenvalue weighted by Gasteiger charge is -2.15. The smallest absolute Gasteiger partial charge is 0.332 e. The van der Waals surface area contributed by atoms with Crippen molar-refractivity contribution in [2.75, 3.05) is 20.3 Å². The minimum atomic E-state index is -0.438. The summed E-state index contributed by atoms with van der Waals surface area (Å²) >= 11 is 0. The zero-order chi connectivity index (χ0) is 24.4. The topological polar surface area (TPSA) is 111 Å². The highest BCUT2D eigenvalue weighted by Crippen LogP contribution is 2.31. The molecule has 10 heteroatoms. The number of hydrogen-bond acceptors (Lipinski definition) is 8. The van der Waals surface area contributed by atoms with E-state index >= 15 is 0 Å². The molecule has 2 aromatic heterocycles. The van der Waals surface area contributed by atoms with Crippen LogP contribution in [0, 0.1) is 0 Å². The summed E-state index contributed by atoms with van der Waals surface area (Å²) < 4.78 is 24.8. The molecule has 0 spiro atoms. The molecule has 5 rings (SSSR count). The van der Waals surface area contributed by atoms with E-state index in [0.717, 1.165) is 12.8 Å². The molecule has 1 fully saturated rings. The number of aromatic nitrogens is 4. The minimum Gasteiger partial charge on any atom is -0.493 e. The van der Waals surface area contributed by atoms with Crippen LogP contribution < -0.4 is 20.7 Å². The molecule has 0 radical (unpaired) electrons. The average molecular weight is 479 g/mol. The lowest BCUT2D eigenvalue weighted by Crippen LogP contribution is -2.42. The van der Waals surface area contributed by atoms with E-state index in [4.69, 9.17) is 18.7 Å². The van der Waals surface area contributed by atoms with E-state index in [2.05, 4.69) is 10.1 Å². The predicted octanol–water partition coefficient (Wildman–Crippen LogP) is 2.85. The minimum absolute atomic E-state index is 0.0202. The second-order valence-electron chi connectivity index (χ2n) is 8.25. The van der Waals surface area contributed by atoms with Crippen LogP contribution in [0.1, 0.15) is 25.7 Å². The van der Waals surface area contributed by atoms with Gasteiger partial charge in [-0.05, 0) is 50.1 Å². The Morgan fingerprint density at radius 1 is 1.11 bits per heavy atom. The second-order valence-corrected chi connectivity index (χ2v) is 8.25. The second kappa shape index (κ2) is 9.75. The van der Waals surface area contributed by atoms with Crippen molar-refractivity contribution in [1.29, 1.82) is 0 Å². The maximum Gasteiger partial charge on any atom is 0.332 e. The van der Waals surface area contributed by atoms with Crippen LogP contribution in [0.4, 0.5) is 0 Å². The van der Waals surface area contributed by atoms with Crippen LogP contribution in [0.3, 0.4) is 0 Å².